The van der Waals surface area contributed by atoms with Gasteiger partial charge < -0.3 is 15.3 Å². The fraction of sp³-hybridized carbons (Fsp3) is 0.600. The van der Waals surface area contributed by atoms with Gasteiger partial charge in [-0.2, -0.15) is 0 Å². The Labute approximate surface area is 114 Å². The molecular weight excluding hydrogens is 243 g/mol. The number of hydrogen-bond donors (Lipinski definition) is 2. The first kappa shape index (κ1) is 14.3. The predicted molar refractivity (Wildman–Crippen MR) is 75.9 cm³/mol. The highest BCUT2D eigenvalue weighted by molar-refractivity contribution is 5.48. The molecule has 1 heterocycles. The van der Waals surface area contributed by atoms with Crippen molar-refractivity contribution in [3.05, 3.63) is 29.6 Å². The van der Waals surface area contributed by atoms with E-state index in [0.717, 1.165) is 30.6 Å². The second kappa shape index (κ2) is 5.47. The number of rotatable bonds is 3. The number of aliphatic hydroxyl groups excluding tert-OH is 1. The van der Waals surface area contributed by atoms with Gasteiger partial charge in [0.15, 0.2) is 0 Å². The zero-order chi connectivity index (χ0) is 14.0. The summed E-state index contributed by atoms with van der Waals surface area (Å²) in [5.41, 5.74) is 1.30. The molecule has 1 saturated heterocycles. The zero-order valence-electron chi connectivity index (χ0n) is 11.9. The molecule has 2 rings (SSSR count). The molecule has 2 atom stereocenters. The number of anilines is 1. The fourth-order valence-corrected chi connectivity index (χ4v) is 2.85. The third-order valence-electron chi connectivity index (χ3n) is 4.14. The molecule has 0 spiro atoms. The van der Waals surface area contributed by atoms with Crippen LogP contribution in [0.5, 0.6) is 0 Å². The van der Waals surface area contributed by atoms with Crippen LogP contribution in [-0.4, -0.2) is 41.8 Å². The lowest BCUT2D eigenvalue weighted by atomic mass is 9.84. The molecule has 0 bridgehead atoms. The first-order valence-electron chi connectivity index (χ1n) is 6.81. The van der Waals surface area contributed by atoms with Crippen molar-refractivity contribution in [3.63, 3.8) is 0 Å². The van der Waals surface area contributed by atoms with Gasteiger partial charge in [0.1, 0.15) is 5.82 Å². The molecule has 1 aromatic rings. The van der Waals surface area contributed by atoms with Gasteiger partial charge in [-0.1, -0.05) is 0 Å². The van der Waals surface area contributed by atoms with Crippen molar-refractivity contribution in [2.45, 2.75) is 38.3 Å². The van der Waals surface area contributed by atoms with Crippen molar-refractivity contribution in [1.29, 1.82) is 0 Å². The summed E-state index contributed by atoms with van der Waals surface area (Å²) in [5.74, 6) is -0.239. The van der Waals surface area contributed by atoms with E-state index in [1.54, 1.807) is 0 Å². The third-order valence-corrected chi connectivity index (χ3v) is 4.14. The molecule has 1 aliphatic rings. The van der Waals surface area contributed by atoms with Gasteiger partial charge in [0, 0.05) is 18.3 Å². The summed E-state index contributed by atoms with van der Waals surface area (Å²) in [7, 11) is 2.10. The highest BCUT2D eigenvalue weighted by Crippen LogP contribution is 2.30. The number of likely N-dealkylation sites (tertiary alicyclic amines) is 1. The van der Waals surface area contributed by atoms with E-state index in [1.165, 1.54) is 12.1 Å². The van der Waals surface area contributed by atoms with Gasteiger partial charge in [-0.05, 0) is 57.5 Å². The fourth-order valence-electron chi connectivity index (χ4n) is 2.85. The van der Waals surface area contributed by atoms with Gasteiger partial charge in [-0.15, -0.1) is 0 Å². The van der Waals surface area contributed by atoms with Gasteiger partial charge in [0.2, 0.25) is 0 Å². The Hall–Kier alpha value is -1.13. The summed E-state index contributed by atoms with van der Waals surface area (Å²) < 4.78 is 13.4. The minimum atomic E-state index is -0.341. The van der Waals surface area contributed by atoms with Crippen LogP contribution in [0.25, 0.3) is 0 Å². The minimum absolute atomic E-state index is 0.0702. The van der Waals surface area contributed by atoms with Crippen LogP contribution in [0.1, 0.15) is 25.3 Å². The lowest BCUT2D eigenvalue weighted by molar-refractivity contribution is 0.0969. The molecule has 0 saturated carbocycles. The number of nitrogens with zero attached hydrogens (tertiary/aromatic N) is 1. The maximum Gasteiger partial charge on any atom is 0.125 e. The Morgan fingerprint density at radius 1 is 1.47 bits per heavy atom. The summed E-state index contributed by atoms with van der Waals surface area (Å²) in [6, 6.07) is 5.33. The minimum Gasteiger partial charge on any atom is -0.394 e. The van der Waals surface area contributed by atoms with Crippen molar-refractivity contribution in [2.24, 2.45) is 0 Å². The molecule has 19 heavy (non-hydrogen) atoms. The summed E-state index contributed by atoms with van der Waals surface area (Å²) in [4.78, 5) is 2.28. The average Bonchev–Trinajstić information content (AvgIpc) is 2.33. The largest absolute Gasteiger partial charge is 0.394 e. The van der Waals surface area contributed by atoms with Crippen LogP contribution in [0.3, 0.4) is 0 Å². The molecule has 0 aromatic heterocycles. The Kier molecular flexibility index (Phi) is 4.11. The number of nitrogens with one attached hydrogen (secondary N) is 1. The highest BCUT2D eigenvalue weighted by atomic mass is 19.1. The van der Waals surface area contributed by atoms with Crippen LogP contribution in [0.4, 0.5) is 10.1 Å². The number of aliphatic hydroxyl groups is 1. The normalized spacial score (nSPS) is 28.4. The maximum atomic E-state index is 13.4. The van der Waals surface area contributed by atoms with Gasteiger partial charge in [-0.3, -0.25) is 0 Å². The van der Waals surface area contributed by atoms with E-state index in [1.807, 2.05) is 13.0 Å². The molecule has 0 aliphatic carbocycles. The van der Waals surface area contributed by atoms with Gasteiger partial charge in [0.25, 0.3) is 0 Å². The average molecular weight is 266 g/mol. The SMILES string of the molecule is Cc1cc(F)cc(NC2(CO)CCN(C)C(C)C2)c1. The van der Waals surface area contributed by atoms with Crippen LogP contribution < -0.4 is 5.32 Å². The molecule has 106 valence electrons. The van der Waals surface area contributed by atoms with E-state index in [2.05, 4.69) is 24.2 Å². The summed E-state index contributed by atoms with van der Waals surface area (Å²) in [6.45, 7) is 5.03. The number of piperidine rings is 1. The Morgan fingerprint density at radius 3 is 2.79 bits per heavy atom. The lowest BCUT2D eigenvalue weighted by Crippen LogP contribution is -2.54. The molecule has 1 aliphatic heterocycles. The standard InChI is InChI=1S/C15H23FN2O/c1-11-6-13(16)8-14(7-11)17-15(10-19)4-5-18(3)12(2)9-15/h6-8,12,17,19H,4-5,9-10H2,1-3H3. The van der Waals surface area contributed by atoms with Crippen LogP contribution >= 0.6 is 0 Å². The number of hydrogen-bond acceptors (Lipinski definition) is 3. The monoisotopic (exact) mass is 266 g/mol. The van der Waals surface area contributed by atoms with Crippen molar-refractivity contribution in [3.8, 4) is 0 Å². The second-order valence-electron chi connectivity index (χ2n) is 5.86. The van der Waals surface area contributed by atoms with Crippen LogP contribution in [0.2, 0.25) is 0 Å². The van der Waals surface area contributed by atoms with Crippen LogP contribution in [-0.2, 0) is 0 Å². The molecular formula is C15H23FN2O. The van der Waals surface area contributed by atoms with E-state index >= 15 is 0 Å². The molecule has 2 N–H and O–H groups in total. The van der Waals surface area contributed by atoms with Gasteiger partial charge >= 0.3 is 0 Å². The molecule has 3 nitrogen and oxygen atoms in total. The van der Waals surface area contributed by atoms with E-state index < -0.39 is 0 Å². The highest BCUT2D eigenvalue weighted by Gasteiger charge is 2.36. The van der Waals surface area contributed by atoms with E-state index in [-0.39, 0.29) is 18.0 Å². The maximum absolute atomic E-state index is 13.4. The zero-order valence-corrected chi connectivity index (χ0v) is 11.9. The molecule has 1 fully saturated rings. The molecule has 1 aromatic carbocycles. The summed E-state index contributed by atoms with van der Waals surface area (Å²) in [5, 5.41) is 13.1. The van der Waals surface area contributed by atoms with Crippen molar-refractivity contribution < 1.29 is 9.50 Å². The smallest absolute Gasteiger partial charge is 0.125 e. The van der Waals surface area contributed by atoms with Crippen molar-refractivity contribution in [2.75, 3.05) is 25.5 Å². The Bertz CT molecular complexity index is 432. The topological polar surface area (TPSA) is 35.5 Å². The Morgan fingerprint density at radius 2 is 2.21 bits per heavy atom. The second-order valence-corrected chi connectivity index (χ2v) is 5.86. The third kappa shape index (κ3) is 3.25. The predicted octanol–water partition coefficient (Wildman–Crippen LogP) is 2.39. The van der Waals surface area contributed by atoms with Gasteiger partial charge in [-0.25, -0.2) is 4.39 Å². The molecule has 2 unspecified atom stereocenters. The first-order chi connectivity index (χ1) is 8.94. The Balaban J connectivity index is 2.18. The van der Waals surface area contributed by atoms with Crippen LogP contribution in [0.15, 0.2) is 18.2 Å². The quantitative estimate of drug-likeness (QED) is 0.882. The van der Waals surface area contributed by atoms with E-state index in [4.69, 9.17) is 0 Å². The van der Waals surface area contributed by atoms with Crippen molar-refractivity contribution in [1.82, 2.24) is 4.90 Å². The lowest BCUT2D eigenvalue weighted by Gasteiger charge is -2.44. The molecule has 4 heteroatoms. The molecule has 0 radical (unpaired) electrons. The van der Waals surface area contributed by atoms with Gasteiger partial charge in [0.05, 0.1) is 12.1 Å². The summed E-state index contributed by atoms with van der Waals surface area (Å²) in [6.07, 6.45) is 1.72. The number of halogens is 1. The number of aryl methyl sites for hydroxylation is 1. The summed E-state index contributed by atoms with van der Waals surface area (Å²) >= 11 is 0. The van der Waals surface area contributed by atoms with Crippen molar-refractivity contribution >= 4 is 5.69 Å². The first-order valence-corrected chi connectivity index (χ1v) is 6.81. The van der Waals surface area contributed by atoms with E-state index in [9.17, 15) is 9.50 Å². The molecule has 0 amide bonds. The van der Waals surface area contributed by atoms with E-state index in [0.29, 0.717) is 6.04 Å². The van der Waals surface area contributed by atoms with Crippen LogP contribution in [0, 0.1) is 12.7 Å². The number of benzene rings is 1.